The standard InChI is InChI=1S/C10H10N2O2/c1-11-9-10(13)14-7-12(9)8-5-3-2-4-6-8/h2-6H,7H2,1H3. The number of hydrogen-bond acceptors (Lipinski definition) is 3. The Morgan fingerprint density at radius 1 is 1.36 bits per heavy atom. The summed E-state index contributed by atoms with van der Waals surface area (Å²) in [5.74, 6) is -0.00690. The Hall–Kier alpha value is -1.84. The van der Waals surface area contributed by atoms with Crippen molar-refractivity contribution in [2.24, 2.45) is 4.99 Å². The number of para-hydroxylation sites is 1. The molecule has 0 radical (unpaired) electrons. The van der Waals surface area contributed by atoms with Crippen molar-refractivity contribution in [3.8, 4) is 0 Å². The van der Waals surface area contributed by atoms with Gasteiger partial charge in [0.25, 0.3) is 0 Å². The Kier molecular flexibility index (Phi) is 2.18. The molecule has 0 amide bonds. The number of amidine groups is 1. The van der Waals surface area contributed by atoms with E-state index in [1.165, 1.54) is 0 Å². The quantitative estimate of drug-likeness (QED) is 0.621. The molecule has 0 saturated carbocycles. The number of anilines is 1. The normalized spacial score (nSPS) is 18.8. The first-order valence-electron chi connectivity index (χ1n) is 4.29. The summed E-state index contributed by atoms with van der Waals surface area (Å²) >= 11 is 0. The monoisotopic (exact) mass is 190 g/mol. The van der Waals surface area contributed by atoms with Crippen molar-refractivity contribution >= 4 is 17.5 Å². The van der Waals surface area contributed by atoms with Gasteiger partial charge in [-0.1, -0.05) is 18.2 Å². The number of carbonyl (C=O) groups is 1. The van der Waals surface area contributed by atoms with Crippen molar-refractivity contribution in [1.82, 2.24) is 0 Å². The molecule has 1 heterocycles. The van der Waals surface area contributed by atoms with Crippen LogP contribution in [0.25, 0.3) is 0 Å². The van der Waals surface area contributed by atoms with Crippen molar-refractivity contribution in [2.45, 2.75) is 0 Å². The molecule has 0 aromatic heterocycles. The van der Waals surface area contributed by atoms with Gasteiger partial charge >= 0.3 is 5.97 Å². The summed E-state index contributed by atoms with van der Waals surface area (Å²) in [5.41, 5.74) is 0.916. The van der Waals surface area contributed by atoms with Gasteiger partial charge in [0.1, 0.15) is 0 Å². The van der Waals surface area contributed by atoms with Crippen LogP contribution in [0.5, 0.6) is 0 Å². The van der Waals surface area contributed by atoms with Crippen LogP contribution in [0.3, 0.4) is 0 Å². The zero-order chi connectivity index (χ0) is 9.97. The zero-order valence-electron chi connectivity index (χ0n) is 7.80. The number of nitrogens with zero attached hydrogens (tertiary/aromatic N) is 2. The minimum atomic E-state index is -0.364. The van der Waals surface area contributed by atoms with Crippen molar-refractivity contribution < 1.29 is 9.53 Å². The predicted octanol–water partition coefficient (Wildman–Crippen LogP) is 1.04. The van der Waals surface area contributed by atoms with Gasteiger partial charge in [-0.25, -0.2) is 4.79 Å². The third-order valence-electron chi connectivity index (χ3n) is 2.04. The third kappa shape index (κ3) is 1.35. The first kappa shape index (κ1) is 8.74. The minimum absolute atomic E-state index is 0.246. The Balaban J connectivity index is 2.33. The Morgan fingerprint density at radius 3 is 2.71 bits per heavy atom. The van der Waals surface area contributed by atoms with Crippen LogP contribution in [-0.4, -0.2) is 25.6 Å². The lowest BCUT2D eigenvalue weighted by Gasteiger charge is -2.13. The van der Waals surface area contributed by atoms with Gasteiger partial charge in [0.2, 0.25) is 5.84 Å². The van der Waals surface area contributed by atoms with Gasteiger partial charge in [-0.05, 0) is 12.1 Å². The fourth-order valence-electron chi connectivity index (χ4n) is 1.38. The fourth-order valence-corrected chi connectivity index (χ4v) is 1.38. The van der Waals surface area contributed by atoms with Crippen LogP contribution < -0.4 is 4.90 Å². The van der Waals surface area contributed by atoms with E-state index in [9.17, 15) is 4.79 Å². The lowest BCUT2D eigenvalue weighted by atomic mass is 10.3. The van der Waals surface area contributed by atoms with E-state index in [2.05, 4.69) is 4.99 Å². The largest absolute Gasteiger partial charge is 0.438 e. The van der Waals surface area contributed by atoms with Gasteiger partial charge in [-0.15, -0.1) is 0 Å². The average molecular weight is 190 g/mol. The molecule has 0 aliphatic carbocycles. The molecule has 1 fully saturated rings. The number of carbonyl (C=O) groups excluding carboxylic acids is 1. The maximum Gasteiger partial charge on any atom is 0.376 e. The summed E-state index contributed by atoms with van der Waals surface area (Å²) in [5, 5.41) is 0. The topological polar surface area (TPSA) is 41.9 Å². The summed E-state index contributed by atoms with van der Waals surface area (Å²) in [6.07, 6.45) is 0. The van der Waals surface area contributed by atoms with Crippen LogP contribution in [0.15, 0.2) is 35.3 Å². The van der Waals surface area contributed by atoms with Gasteiger partial charge in [0.15, 0.2) is 6.73 Å². The van der Waals surface area contributed by atoms with Crippen LogP contribution in [0.1, 0.15) is 0 Å². The summed E-state index contributed by atoms with van der Waals surface area (Å²) in [4.78, 5) is 16.8. The van der Waals surface area contributed by atoms with Gasteiger partial charge < -0.3 is 4.74 Å². The van der Waals surface area contributed by atoms with Gasteiger partial charge in [-0.2, -0.15) is 0 Å². The molecule has 1 aromatic carbocycles. The van der Waals surface area contributed by atoms with Crippen molar-refractivity contribution in [3.05, 3.63) is 30.3 Å². The second-order valence-electron chi connectivity index (χ2n) is 2.87. The number of esters is 1. The maximum absolute atomic E-state index is 11.2. The highest BCUT2D eigenvalue weighted by Crippen LogP contribution is 2.17. The van der Waals surface area contributed by atoms with Crippen LogP contribution in [0.2, 0.25) is 0 Å². The molecule has 0 unspecified atom stereocenters. The van der Waals surface area contributed by atoms with E-state index >= 15 is 0 Å². The molecule has 72 valence electrons. The first-order valence-corrected chi connectivity index (χ1v) is 4.29. The molecule has 1 aliphatic heterocycles. The van der Waals surface area contributed by atoms with E-state index < -0.39 is 0 Å². The highest BCUT2D eigenvalue weighted by atomic mass is 16.6. The van der Waals surface area contributed by atoms with Gasteiger partial charge in [-0.3, -0.25) is 9.89 Å². The van der Waals surface area contributed by atoms with E-state index in [0.29, 0.717) is 5.84 Å². The summed E-state index contributed by atoms with van der Waals surface area (Å²) in [6.45, 7) is 0.246. The van der Waals surface area contributed by atoms with E-state index in [4.69, 9.17) is 4.74 Å². The van der Waals surface area contributed by atoms with Crippen molar-refractivity contribution in [2.75, 3.05) is 18.7 Å². The van der Waals surface area contributed by atoms with E-state index in [1.807, 2.05) is 30.3 Å². The molecular weight excluding hydrogens is 180 g/mol. The Labute approximate surface area is 81.8 Å². The molecule has 1 aliphatic rings. The number of ether oxygens (including phenoxy) is 1. The number of hydrogen-bond donors (Lipinski definition) is 0. The van der Waals surface area contributed by atoms with E-state index in [-0.39, 0.29) is 12.7 Å². The highest BCUT2D eigenvalue weighted by Gasteiger charge is 2.29. The molecular formula is C10H10N2O2. The molecule has 4 heteroatoms. The molecule has 0 bridgehead atoms. The Morgan fingerprint density at radius 2 is 2.07 bits per heavy atom. The average Bonchev–Trinajstić information content (AvgIpc) is 2.61. The lowest BCUT2D eigenvalue weighted by Crippen LogP contribution is -2.27. The van der Waals surface area contributed by atoms with E-state index in [0.717, 1.165) is 5.69 Å². The highest BCUT2D eigenvalue weighted by molar-refractivity contribution is 6.42. The summed E-state index contributed by atoms with van der Waals surface area (Å²) in [6, 6.07) is 9.56. The van der Waals surface area contributed by atoms with E-state index in [1.54, 1.807) is 11.9 Å². The maximum atomic E-state index is 11.2. The van der Waals surface area contributed by atoms with Crippen LogP contribution >= 0.6 is 0 Å². The molecule has 1 aromatic rings. The zero-order valence-corrected chi connectivity index (χ0v) is 7.80. The molecule has 0 N–H and O–H groups in total. The number of cyclic esters (lactones) is 1. The first-order chi connectivity index (χ1) is 6.83. The van der Waals surface area contributed by atoms with Crippen molar-refractivity contribution in [1.29, 1.82) is 0 Å². The smallest absolute Gasteiger partial charge is 0.376 e. The van der Waals surface area contributed by atoms with Crippen molar-refractivity contribution in [3.63, 3.8) is 0 Å². The SMILES string of the molecule is CN=C1C(=O)OCN1c1ccccc1. The summed E-state index contributed by atoms with van der Waals surface area (Å²) in [7, 11) is 1.58. The predicted molar refractivity (Wildman–Crippen MR) is 53.2 cm³/mol. The van der Waals surface area contributed by atoms with Gasteiger partial charge in [0, 0.05) is 12.7 Å². The molecule has 2 rings (SSSR count). The number of aliphatic imine (C=N–C) groups is 1. The van der Waals surface area contributed by atoms with Gasteiger partial charge in [0.05, 0.1) is 0 Å². The van der Waals surface area contributed by atoms with Crippen LogP contribution in [0.4, 0.5) is 5.69 Å². The third-order valence-corrected chi connectivity index (χ3v) is 2.04. The molecule has 14 heavy (non-hydrogen) atoms. The number of benzene rings is 1. The van der Waals surface area contributed by atoms with Crippen LogP contribution in [-0.2, 0) is 9.53 Å². The molecule has 0 spiro atoms. The molecule has 1 saturated heterocycles. The fraction of sp³-hybridized carbons (Fsp3) is 0.200. The molecule has 0 atom stereocenters. The minimum Gasteiger partial charge on any atom is -0.438 e. The number of rotatable bonds is 1. The van der Waals surface area contributed by atoms with Crippen LogP contribution in [0, 0.1) is 0 Å². The second kappa shape index (κ2) is 3.49. The Bertz CT molecular complexity index is 373. The lowest BCUT2D eigenvalue weighted by molar-refractivity contribution is -0.132. The second-order valence-corrected chi connectivity index (χ2v) is 2.87. The summed E-state index contributed by atoms with van der Waals surface area (Å²) < 4.78 is 4.88. The molecule has 4 nitrogen and oxygen atoms in total.